The maximum atomic E-state index is 4.46. The van der Waals surface area contributed by atoms with Crippen LogP contribution < -0.4 is 0 Å². The van der Waals surface area contributed by atoms with E-state index in [1.807, 2.05) is 18.3 Å². The van der Waals surface area contributed by atoms with Crippen LogP contribution in [0.15, 0.2) is 55.4 Å². The zero-order chi connectivity index (χ0) is 13.3. The van der Waals surface area contributed by atoms with E-state index in [4.69, 9.17) is 0 Å². The van der Waals surface area contributed by atoms with Gasteiger partial charge in [-0.3, -0.25) is 0 Å². The van der Waals surface area contributed by atoms with Gasteiger partial charge in [-0.15, -0.1) is 6.58 Å². The summed E-state index contributed by atoms with van der Waals surface area (Å²) in [7, 11) is 0. The highest BCUT2D eigenvalue weighted by molar-refractivity contribution is 5.54. The van der Waals surface area contributed by atoms with Crippen LogP contribution in [0.2, 0.25) is 0 Å². The molecule has 2 nitrogen and oxygen atoms in total. The highest BCUT2D eigenvalue weighted by Gasteiger charge is 2.04. The van der Waals surface area contributed by atoms with E-state index in [1.165, 1.54) is 31.2 Å². The summed E-state index contributed by atoms with van der Waals surface area (Å²) >= 11 is 0. The van der Waals surface area contributed by atoms with Gasteiger partial charge < -0.3 is 4.57 Å². The Kier molecular flexibility index (Phi) is 5.42. The summed E-state index contributed by atoms with van der Waals surface area (Å²) in [6, 6.07) is 10.4. The molecule has 1 aromatic heterocycles. The predicted octanol–water partition coefficient (Wildman–Crippen LogP) is 4.69. The van der Waals surface area contributed by atoms with Crippen LogP contribution in [-0.4, -0.2) is 9.55 Å². The molecular weight excluding hydrogens is 232 g/mol. The van der Waals surface area contributed by atoms with Crippen LogP contribution in [-0.2, 0) is 6.54 Å². The van der Waals surface area contributed by atoms with Crippen LogP contribution in [0.4, 0.5) is 0 Å². The topological polar surface area (TPSA) is 17.8 Å². The van der Waals surface area contributed by atoms with E-state index in [2.05, 4.69) is 46.6 Å². The lowest BCUT2D eigenvalue weighted by molar-refractivity contribution is 0.577. The van der Waals surface area contributed by atoms with Crippen molar-refractivity contribution in [3.05, 3.63) is 55.4 Å². The van der Waals surface area contributed by atoms with Gasteiger partial charge in [-0.05, 0) is 19.3 Å². The van der Waals surface area contributed by atoms with Crippen molar-refractivity contribution in [1.82, 2.24) is 9.55 Å². The minimum absolute atomic E-state index is 1.05. The summed E-state index contributed by atoms with van der Waals surface area (Å²) in [6.45, 7) is 4.81. The maximum absolute atomic E-state index is 4.46. The SMILES string of the molecule is C=CCCCCCCn1ccnc1-c1ccccc1. The summed E-state index contributed by atoms with van der Waals surface area (Å²) < 4.78 is 2.25. The monoisotopic (exact) mass is 254 g/mol. The van der Waals surface area contributed by atoms with E-state index >= 15 is 0 Å². The number of aryl methyl sites for hydroxylation is 1. The van der Waals surface area contributed by atoms with Crippen LogP contribution in [0.25, 0.3) is 11.4 Å². The molecule has 0 bridgehead atoms. The first kappa shape index (κ1) is 13.6. The number of benzene rings is 1. The second kappa shape index (κ2) is 7.57. The standard InChI is InChI=1S/C17H22N2/c1-2-3-4-5-6-10-14-19-15-13-18-17(19)16-11-8-7-9-12-16/h2,7-9,11-13,15H,1,3-6,10,14H2. The molecule has 0 aliphatic heterocycles. The normalized spacial score (nSPS) is 10.5. The van der Waals surface area contributed by atoms with E-state index in [1.54, 1.807) is 0 Å². The third kappa shape index (κ3) is 4.09. The second-order valence-corrected chi connectivity index (χ2v) is 4.80. The van der Waals surface area contributed by atoms with Gasteiger partial charge in [-0.25, -0.2) is 4.98 Å². The summed E-state index contributed by atoms with van der Waals surface area (Å²) in [6.07, 6.45) is 12.2. The molecule has 0 saturated heterocycles. The van der Waals surface area contributed by atoms with E-state index in [9.17, 15) is 0 Å². The van der Waals surface area contributed by atoms with Gasteiger partial charge in [0.25, 0.3) is 0 Å². The van der Waals surface area contributed by atoms with Gasteiger partial charge in [-0.2, -0.15) is 0 Å². The molecule has 19 heavy (non-hydrogen) atoms. The van der Waals surface area contributed by atoms with Crippen LogP contribution >= 0.6 is 0 Å². The highest BCUT2D eigenvalue weighted by atomic mass is 15.1. The number of allylic oxidation sites excluding steroid dienone is 1. The Labute approximate surface area is 115 Å². The smallest absolute Gasteiger partial charge is 0.139 e. The summed E-state index contributed by atoms with van der Waals surface area (Å²) in [4.78, 5) is 4.46. The summed E-state index contributed by atoms with van der Waals surface area (Å²) in [5.41, 5.74) is 1.19. The zero-order valence-electron chi connectivity index (χ0n) is 11.5. The van der Waals surface area contributed by atoms with Gasteiger partial charge >= 0.3 is 0 Å². The molecule has 2 heteroatoms. The molecule has 2 rings (SSSR count). The Bertz CT molecular complexity index is 485. The van der Waals surface area contributed by atoms with Crippen LogP contribution in [0.5, 0.6) is 0 Å². The largest absolute Gasteiger partial charge is 0.331 e. The Balaban J connectivity index is 1.85. The molecule has 0 saturated carbocycles. The van der Waals surface area contributed by atoms with Gasteiger partial charge in [-0.1, -0.05) is 49.2 Å². The van der Waals surface area contributed by atoms with E-state index in [0.717, 1.165) is 18.8 Å². The average Bonchev–Trinajstić information content (AvgIpc) is 2.92. The first-order valence-electron chi connectivity index (χ1n) is 7.09. The van der Waals surface area contributed by atoms with Crippen molar-refractivity contribution in [2.45, 2.75) is 38.6 Å². The van der Waals surface area contributed by atoms with E-state index < -0.39 is 0 Å². The molecule has 0 fully saturated rings. The number of hydrogen-bond donors (Lipinski definition) is 0. The molecule has 2 aromatic rings. The predicted molar refractivity (Wildman–Crippen MR) is 80.9 cm³/mol. The van der Waals surface area contributed by atoms with Gasteiger partial charge in [0.15, 0.2) is 0 Å². The van der Waals surface area contributed by atoms with Crippen molar-refractivity contribution in [2.75, 3.05) is 0 Å². The third-order valence-corrected chi connectivity index (χ3v) is 3.30. The average molecular weight is 254 g/mol. The number of aromatic nitrogens is 2. The van der Waals surface area contributed by atoms with Crippen LogP contribution in [0.1, 0.15) is 32.1 Å². The summed E-state index contributed by atoms with van der Waals surface area (Å²) in [5.74, 6) is 1.08. The molecule has 0 unspecified atom stereocenters. The molecule has 1 heterocycles. The van der Waals surface area contributed by atoms with Crippen molar-refractivity contribution in [1.29, 1.82) is 0 Å². The number of imidazole rings is 1. The van der Waals surface area contributed by atoms with Crippen molar-refractivity contribution in [3.8, 4) is 11.4 Å². The van der Waals surface area contributed by atoms with Crippen LogP contribution in [0, 0.1) is 0 Å². The minimum Gasteiger partial charge on any atom is -0.331 e. The number of hydrogen-bond acceptors (Lipinski definition) is 1. The maximum Gasteiger partial charge on any atom is 0.139 e. The fraction of sp³-hybridized carbons (Fsp3) is 0.353. The lowest BCUT2D eigenvalue weighted by atomic mass is 10.1. The lowest BCUT2D eigenvalue weighted by Gasteiger charge is -2.07. The van der Waals surface area contributed by atoms with Gasteiger partial charge in [0.2, 0.25) is 0 Å². The number of nitrogens with zero attached hydrogens (tertiary/aromatic N) is 2. The Morgan fingerprint density at radius 3 is 2.63 bits per heavy atom. The fourth-order valence-corrected chi connectivity index (χ4v) is 2.26. The van der Waals surface area contributed by atoms with Gasteiger partial charge in [0.05, 0.1) is 0 Å². The van der Waals surface area contributed by atoms with E-state index in [0.29, 0.717) is 0 Å². The minimum atomic E-state index is 1.05. The molecule has 0 atom stereocenters. The van der Waals surface area contributed by atoms with Crippen molar-refractivity contribution in [3.63, 3.8) is 0 Å². The number of rotatable bonds is 8. The highest BCUT2D eigenvalue weighted by Crippen LogP contribution is 2.17. The van der Waals surface area contributed by atoms with E-state index in [-0.39, 0.29) is 0 Å². The molecular formula is C17H22N2. The third-order valence-electron chi connectivity index (χ3n) is 3.30. The Morgan fingerprint density at radius 2 is 1.84 bits per heavy atom. The molecule has 0 radical (unpaired) electrons. The van der Waals surface area contributed by atoms with Crippen molar-refractivity contribution < 1.29 is 0 Å². The fourth-order valence-electron chi connectivity index (χ4n) is 2.26. The second-order valence-electron chi connectivity index (χ2n) is 4.80. The lowest BCUT2D eigenvalue weighted by Crippen LogP contribution is -1.99. The molecule has 0 aliphatic carbocycles. The molecule has 100 valence electrons. The Hall–Kier alpha value is -1.83. The van der Waals surface area contributed by atoms with Crippen LogP contribution in [0.3, 0.4) is 0 Å². The van der Waals surface area contributed by atoms with Crippen molar-refractivity contribution in [2.24, 2.45) is 0 Å². The quantitative estimate of drug-likeness (QED) is 0.494. The molecule has 0 N–H and O–H groups in total. The molecule has 0 spiro atoms. The first-order valence-corrected chi connectivity index (χ1v) is 7.09. The van der Waals surface area contributed by atoms with Gasteiger partial charge in [0.1, 0.15) is 5.82 Å². The summed E-state index contributed by atoms with van der Waals surface area (Å²) in [5, 5.41) is 0. The van der Waals surface area contributed by atoms with Crippen molar-refractivity contribution >= 4 is 0 Å². The molecule has 0 amide bonds. The number of unbranched alkanes of at least 4 members (excludes halogenated alkanes) is 4. The zero-order valence-corrected chi connectivity index (χ0v) is 11.5. The molecule has 1 aromatic carbocycles. The Morgan fingerprint density at radius 1 is 1.05 bits per heavy atom. The molecule has 0 aliphatic rings. The van der Waals surface area contributed by atoms with Gasteiger partial charge in [0, 0.05) is 24.5 Å². The first-order chi connectivity index (χ1) is 9.42.